The lowest BCUT2D eigenvalue weighted by molar-refractivity contribution is -0.122. The van der Waals surface area contributed by atoms with E-state index in [0.717, 1.165) is 19.5 Å². The maximum absolute atomic E-state index is 6.06. The average Bonchev–Trinajstić information content (AvgIpc) is 2.02. The predicted molar refractivity (Wildman–Crippen MR) is 62.7 cm³/mol. The molecule has 86 valence electrons. The molecule has 14 heavy (non-hydrogen) atoms. The van der Waals surface area contributed by atoms with Gasteiger partial charge in [-0.3, -0.25) is 0 Å². The number of nitrogens with one attached hydrogen (secondary N) is 1. The normalized spacial score (nSPS) is 16.7. The Balaban J connectivity index is 4.04. The Hall–Kier alpha value is -0.0800. The minimum atomic E-state index is -0.0569. The number of ether oxygens (including phenoxy) is 1. The Morgan fingerprint density at radius 3 is 2.00 bits per heavy atom. The SMILES string of the molecule is CCCNCC(C)(CC)OC(C)(C)C. The second kappa shape index (κ2) is 5.72. The van der Waals surface area contributed by atoms with Gasteiger partial charge in [-0.25, -0.2) is 0 Å². The summed E-state index contributed by atoms with van der Waals surface area (Å²) < 4.78 is 6.06. The summed E-state index contributed by atoms with van der Waals surface area (Å²) in [5.74, 6) is 0. The van der Waals surface area contributed by atoms with Gasteiger partial charge in [0.1, 0.15) is 0 Å². The van der Waals surface area contributed by atoms with E-state index in [1.165, 1.54) is 6.42 Å². The molecule has 0 aliphatic carbocycles. The fourth-order valence-electron chi connectivity index (χ4n) is 1.50. The van der Waals surface area contributed by atoms with E-state index in [1.807, 2.05) is 0 Å². The lowest BCUT2D eigenvalue weighted by atomic mass is 10.0. The zero-order valence-corrected chi connectivity index (χ0v) is 10.7. The van der Waals surface area contributed by atoms with Crippen molar-refractivity contribution in [3.05, 3.63) is 0 Å². The van der Waals surface area contributed by atoms with Crippen LogP contribution in [0, 0.1) is 0 Å². The first-order valence-electron chi connectivity index (χ1n) is 5.74. The van der Waals surface area contributed by atoms with E-state index >= 15 is 0 Å². The molecular weight excluding hydrogens is 174 g/mol. The van der Waals surface area contributed by atoms with Gasteiger partial charge in [0.25, 0.3) is 0 Å². The minimum Gasteiger partial charge on any atom is -0.368 e. The van der Waals surface area contributed by atoms with E-state index in [9.17, 15) is 0 Å². The van der Waals surface area contributed by atoms with Crippen LogP contribution in [0.4, 0.5) is 0 Å². The first kappa shape index (κ1) is 13.9. The third-order valence-electron chi connectivity index (χ3n) is 2.23. The zero-order valence-electron chi connectivity index (χ0n) is 10.7. The van der Waals surface area contributed by atoms with Crippen molar-refractivity contribution in [1.29, 1.82) is 0 Å². The molecule has 0 heterocycles. The number of hydrogen-bond acceptors (Lipinski definition) is 2. The number of hydrogen-bond donors (Lipinski definition) is 1. The van der Waals surface area contributed by atoms with E-state index in [0.29, 0.717) is 0 Å². The summed E-state index contributed by atoms with van der Waals surface area (Å²) in [5, 5.41) is 3.42. The highest BCUT2D eigenvalue weighted by Gasteiger charge is 2.28. The largest absolute Gasteiger partial charge is 0.368 e. The Kier molecular flexibility index (Phi) is 5.68. The Morgan fingerprint density at radius 1 is 1.07 bits per heavy atom. The molecule has 0 saturated carbocycles. The fourth-order valence-corrected chi connectivity index (χ4v) is 1.50. The van der Waals surface area contributed by atoms with Crippen molar-refractivity contribution in [3.63, 3.8) is 0 Å². The van der Waals surface area contributed by atoms with Crippen LogP contribution >= 0.6 is 0 Å². The molecule has 1 N–H and O–H groups in total. The van der Waals surface area contributed by atoms with Crippen LogP contribution < -0.4 is 5.32 Å². The van der Waals surface area contributed by atoms with Crippen molar-refractivity contribution >= 4 is 0 Å². The second-order valence-corrected chi connectivity index (χ2v) is 5.19. The van der Waals surface area contributed by atoms with Crippen LogP contribution in [0.5, 0.6) is 0 Å². The third-order valence-corrected chi connectivity index (χ3v) is 2.23. The van der Waals surface area contributed by atoms with Crippen LogP contribution in [0.25, 0.3) is 0 Å². The maximum atomic E-state index is 6.06. The van der Waals surface area contributed by atoms with Gasteiger partial charge >= 0.3 is 0 Å². The van der Waals surface area contributed by atoms with Gasteiger partial charge in [0.2, 0.25) is 0 Å². The average molecular weight is 201 g/mol. The number of rotatable bonds is 6. The van der Waals surface area contributed by atoms with Crippen molar-refractivity contribution in [1.82, 2.24) is 5.32 Å². The molecule has 0 fully saturated rings. The van der Waals surface area contributed by atoms with Gasteiger partial charge in [0, 0.05) is 6.54 Å². The molecule has 2 nitrogen and oxygen atoms in total. The monoisotopic (exact) mass is 201 g/mol. The van der Waals surface area contributed by atoms with Crippen LogP contribution in [0.2, 0.25) is 0 Å². The van der Waals surface area contributed by atoms with Gasteiger partial charge in [0.15, 0.2) is 0 Å². The summed E-state index contributed by atoms with van der Waals surface area (Å²) >= 11 is 0. The van der Waals surface area contributed by atoms with Crippen LogP contribution in [0.15, 0.2) is 0 Å². The summed E-state index contributed by atoms with van der Waals surface area (Å²) in [7, 11) is 0. The summed E-state index contributed by atoms with van der Waals surface area (Å²) in [6.45, 7) is 14.9. The molecule has 0 aromatic carbocycles. The molecule has 1 unspecified atom stereocenters. The quantitative estimate of drug-likeness (QED) is 0.667. The van der Waals surface area contributed by atoms with Crippen LogP contribution in [0.1, 0.15) is 54.4 Å². The molecule has 0 bridgehead atoms. The van der Waals surface area contributed by atoms with Crippen molar-refractivity contribution < 1.29 is 4.74 Å². The second-order valence-electron chi connectivity index (χ2n) is 5.19. The summed E-state index contributed by atoms with van der Waals surface area (Å²) in [6.07, 6.45) is 2.22. The molecule has 0 aromatic heterocycles. The summed E-state index contributed by atoms with van der Waals surface area (Å²) in [6, 6.07) is 0. The molecule has 0 radical (unpaired) electrons. The molecule has 0 saturated heterocycles. The molecule has 0 spiro atoms. The molecule has 2 heteroatoms. The zero-order chi connectivity index (χ0) is 11.2. The van der Waals surface area contributed by atoms with Crippen LogP contribution in [-0.2, 0) is 4.74 Å². The van der Waals surface area contributed by atoms with Crippen molar-refractivity contribution in [2.75, 3.05) is 13.1 Å². The molecular formula is C12H27NO. The molecule has 1 atom stereocenters. The predicted octanol–water partition coefficient (Wildman–Crippen LogP) is 2.97. The molecule has 0 aliphatic heterocycles. The lowest BCUT2D eigenvalue weighted by Gasteiger charge is -2.36. The topological polar surface area (TPSA) is 21.3 Å². The molecule has 0 rings (SSSR count). The van der Waals surface area contributed by atoms with E-state index in [-0.39, 0.29) is 11.2 Å². The highest BCUT2D eigenvalue weighted by molar-refractivity contribution is 4.80. The standard InChI is InChI=1S/C12H27NO/c1-7-9-13-10-12(6,8-2)14-11(3,4)5/h13H,7-10H2,1-6H3. The van der Waals surface area contributed by atoms with E-state index in [2.05, 4.69) is 46.9 Å². The van der Waals surface area contributed by atoms with Gasteiger partial charge in [-0.15, -0.1) is 0 Å². The summed E-state index contributed by atoms with van der Waals surface area (Å²) in [4.78, 5) is 0. The van der Waals surface area contributed by atoms with E-state index in [4.69, 9.17) is 4.74 Å². The third kappa shape index (κ3) is 6.39. The van der Waals surface area contributed by atoms with Crippen molar-refractivity contribution in [2.45, 2.75) is 65.6 Å². The van der Waals surface area contributed by atoms with Gasteiger partial charge in [-0.2, -0.15) is 0 Å². The maximum Gasteiger partial charge on any atom is 0.0782 e. The Labute approximate surface area is 89.4 Å². The van der Waals surface area contributed by atoms with Crippen LogP contribution in [-0.4, -0.2) is 24.3 Å². The van der Waals surface area contributed by atoms with Gasteiger partial charge < -0.3 is 10.1 Å². The molecule has 0 amide bonds. The Morgan fingerprint density at radius 2 is 1.64 bits per heavy atom. The van der Waals surface area contributed by atoms with Crippen molar-refractivity contribution in [3.8, 4) is 0 Å². The van der Waals surface area contributed by atoms with E-state index < -0.39 is 0 Å². The first-order chi connectivity index (χ1) is 6.33. The van der Waals surface area contributed by atoms with Gasteiger partial charge in [-0.1, -0.05) is 13.8 Å². The highest BCUT2D eigenvalue weighted by atomic mass is 16.5. The highest BCUT2D eigenvalue weighted by Crippen LogP contribution is 2.22. The summed E-state index contributed by atoms with van der Waals surface area (Å²) in [5.41, 5.74) is -0.0912. The van der Waals surface area contributed by atoms with Gasteiger partial charge in [0.05, 0.1) is 11.2 Å². The lowest BCUT2D eigenvalue weighted by Crippen LogP contribution is -2.45. The van der Waals surface area contributed by atoms with Gasteiger partial charge in [-0.05, 0) is 47.1 Å². The van der Waals surface area contributed by atoms with Crippen LogP contribution in [0.3, 0.4) is 0 Å². The smallest absolute Gasteiger partial charge is 0.0782 e. The van der Waals surface area contributed by atoms with E-state index in [1.54, 1.807) is 0 Å². The van der Waals surface area contributed by atoms with Crippen molar-refractivity contribution in [2.24, 2.45) is 0 Å². The minimum absolute atomic E-state index is 0.0343. The molecule has 0 aliphatic rings. The first-order valence-corrected chi connectivity index (χ1v) is 5.74. The molecule has 0 aromatic rings. The fraction of sp³-hybridized carbons (Fsp3) is 1.00. The Bertz CT molecular complexity index is 151.